The zero-order chi connectivity index (χ0) is 20.8. The molecule has 0 aliphatic rings. The van der Waals surface area contributed by atoms with Crippen LogP contribution in [0.2, 0.25) is 5.02 Å². The lowest BCUT2D eigenvalue weighted by atomic mass is 10.2. The first-order valence-corrected chi connectivity index (χ1v) is 9.10. The number of halogens is 2. The number of anilines is 2. The molecule has 29 heavy (non-hydrogen) atoms. The van der Waals surface area contributed by atoms with Crippen LogP contribution in [0.25, 0.3) is 0 Å². The summed E-state index contributed by atoms with van der Waals surface area (Å²) in [6.45, 7) is 0. The molecule has 3 aromatic rings. The van der Waals surface area contributed by atoms with E-state index in [1.165, 1.54) is 25.3 Å². The number of aryl methyl sites for hydroxylation is 1. The van der Waals surface area contributed by atoms with Gasteiger partial charge in [-0.25, -0.2) is 4.39 Å². The highest BCUT2D eigenvalue weighted by molar-refractivity contribution is 6.30. The van der Waals surface area contributed by atoms with Gasteiger partial charge in [-0.05, 0) is 48.5 Å². The third-order valence-electron chi connectivity index (χ3n) is 4.09. The average Bonchev–Trinajstić information content (AvgIpc) is 3.20. The number of benzene rings is 2. The molecule has 3 rings (SSSR count). The van der Waals surface area contributed by atoms with Gasteiger partial charge in [0.2, 0.25) is 5.91 Å². The van der Waals surface area contributed by atoms with Crippen molar-refractivity contribution in [3.05, 3.63) is 77.0 Å². The Morgan fingerprint density at radius 3 is 2.66 bits per heavy atom. The van der Waals surface area contributed by atoms with Crippen LogP contribution in [0, 0.1) is 5.82 Å². The molecule has 1 heterocycles. The van der Waals surface area contributed by atoms with Crippen molar-refractivity contribution in [3.8, 4) is 5.75 Å². The Labute approximate surface area is 171 Å². The molecule has 2 aromatic carbocycles. The van der Waals surface area contributed by atoms with Gasteiger partial charge in [-0.15, -0.1) is 0 Å². The van der Waals surface area contributed by atoms with Gasteiger partial charge in [0.15, 0.2) is 0 Å². The fourth-order valence-electron chi connectivity index (χ4n) is 2.66. The van der Waals surface area contributed by atoms with Crippen LogP contribution in [0.3, 0.4) is 0 Å². The molecule has 8 heteroatoms. The van der Waals surface area contributed by atoms with E-state index in [4.69, 9.17) is 20.8 Å². The minimum atomic E-state index is -0.739. The van der Waals surface area contributed by atoms with Crippen LogP contribution in [0.4, 0.5) is 15.8 Å². The van der Waals surface area contributed by atoms with E-state index >= 15 is 0 Å². The summed E-state index contributed by atoms with van der Waals surface area (Å²) >= 11 is 5.72. The first-order chi connectivity index (χ1) is 14.0. The number of carbonyl (C=O) groups is 2. The minimum Gasteiger partial charge on any atom is -0.495 e. The normalized spacial score (nSPS) is 10.4. The van der Waals surface area contributed by atoms with Crippen LogP contribution < -0.4 is 15.4 Å². The maximum Gasteiger partial charge on any atom is 0.258 e. The lowest BCUT2D eigenvalue weighted by Crippen LogP contribution is -2.16. The predicted octanol–water partition coefficient (Wildman–Crippen LogP) is 4.90. The minimum absolute atomic E-state index is 0.163. The molecule has 0 aliphatic carbocycles. The molecule has 0 bridgehead atoms. The Balaban J connectivity index is 1.71. The maximum atomic E-state index is 14.0. The number of amides is 2. The summed E-state index contributed by atoms with van der Waals surface area (Å²) in [6, 6.07) is 12.1. The zero-order valence-corrected chi connectivity index (χ0v) is 16.3. The second-order valence-corrected chi connectivity index (χ2v) is 6.56. The predicted molar refractivity (Wildman–Crippen MR) is 108 cm³/mol. The van der Waals surface area contributed by atoms with Gasteiger partial charge in [0.25, 0.3) is 5.91 Å². The van der Waals surface area contributed by atoms with Crippen molar-refractivity contribution in [2.45, 2.75) is 12.8 Å². The lowest BCUT2D eigenvalue weighted by Gasteiger charge is -2.13. The van der Waals surface area contributed by atoms with Gasteiger partial charge in [0.05, 0.1) is 24.6 Å². The standard InChI is InChI=1S/C21H18ClFN2O4/c1-28-19-8-5-14(24-20(26)9-6-15-3-2-10-29-15)12-18(19)25-21(27)16-7-4-13(22)11-17(16)23/h2-5,7-8,10-12H,6,9H2,1H3,(H,24,26)(H,25,27). The zero-order valence-electron chi connectivity index (χ0n) is 15.5. The van der Waals surface area contributed by atoms with E-state index in [9.17, 15) is 14.0 Å². The topological polar surface area (TPSA) is 80.6 Å². The van der Waals surface area contributed by atoms with Gasteiger partial charge >= 0.3 is 0 Å². The van der Waals surface area contributed by atoms with E-state index in [2.05, 4.69) is 10.6 Å². The number of rotatable bonds is 7. The van der Waals surface area contributed by atoms with Gasteiger partial charge in [0.1, 0.15) is 17.3 Å². The second kappa shape index (κ2) is 9.25. The number of furan rings is 1. The fraction of sp³-hybridized carbons (Fsp3) is 0.143. The molecule has 0 radical (unpaired) electrons. The highest BCUT2D eigenvalue weighted by Gasteiger charge is 2.15. The summed E-state index contributed by atoms with van der Waals surface area (Å²) in [4.78, 5) is 24.6. The van der Waals surface area contributed by atoms with Crippen molar-refractivity contribution in [2.24, 2.45) is 0 Å². The van der Waals surface area contributed by atoms with E-state index in [0.717, 1.165) is 6.07 Å². The molecule has 6 nitrogen and oxygen atoms in total. The number of carbonyl (C=O) groups excluding carboxylic acids is 2. The Bertz CT molecular complexity index is 1020. The molecular formula is C21H18ClFN2O4. The molecule has 0 unspecified atom stereocenters. The van der Waals surface area contributed by atoms with Gasteiger partial charge in [-0.3, -0.25) is 9.59 Å². The van der Waals surface area contributed by atoms with Crippen molar-refractivity contribution < 1.29 is 23.1 Å². The second-order valence-electron chi connectivity index (χ2n) is 6.12. The number of nitrogens with one attached hydrogen (secondary N) is 2. The van der Waals surface area contributed by atoms with E-state index in [1.807, 2.05) is 0 Å². The van der Waals surface area contributed by atoms with Gasteiger partial charge < -0.3 is 19.8 Å². The van der Waals surface area contributed by atoms with Gasteiger partial charge in [-0.2, -0.15) is 0 Å². The molecule has 2 N–H and O–H groups in total. The van der Waals surface area contributed by atoms with Crippen molar-refractivity contribution in [1.29, 1.82) is 0 Å². The molecule has 150 valence electrons. The smallest absolute Gasteiger partial charge is 0.258 e. The molecule has 1 aromatic heterocycles. The monoisotopic (exact) mass is 416 g/mol. The SMILES string of the molecule is COc1ccc(NC(=O)CCc2ccco2)cc1NC(=O)c1ccc(Cl)cc1F. The fourth-order valence-corrected chi connectivity index (χ4v) is 2.82. The summed E-state index contributed by atoms with van der Waals surface area (Å²) in [7, 11) is 1.44. The van der Waals surface area contributed by atoms with Crippen molar-refractivity contribution in [2.75, 3.05) is 17.7 Å². The molecular weight excluding hydrogens is 399 g/mol. The molecule has 0 spiro atoms. The van der Waals surface area contributed by atoms with Crippen LogP contribution in [0.15, 0.2) is 59.2 Å². The summed E-state index contributed by atoms with van der Waals surface area (Å²) in [5, 5.41) is 5.53. The lowest BCUT2D eigenvalue weighted by molar-refractivity contribution is -0.116. The highest BCUT2D eigenvalue weighted by atomic mass is 35.5. The van der Waals surface area contributed by atoms with Crippen molar-refractivity contribution in [1.82, 2.24) is 0 Å². The van der Waals surface area contributed by atoms with Crippen LogP contribution in [-0.4, -0.2) is 18.9 Å². The summed E-state index contributed by atoms with van der Waals surface area (Å²) < 4.78 is 24.4. The summed E-state index contributed by atoms with van der Waals surface area (Å²) in [6.07, 6.45) is 2.25. The highest BCUT2D eigenvalue weighted by Crippen LogP contribution is 2.29. The van der Waals surface area contributed by atoms with Crippen molar-refractivity contribution in [3.63, 3.8) is 0 Å². The first-order valence-electron chi connectivity index (χ1n) is 8.73. The molecule has 2 amide bonds. The van der Waals surface area contributed by atoms with E-state index in [1.54, 1.807) is 30.5 Å². The van der Waals surface area contributed by atoms with Gasteiger partial charge in [-0.1, -0.05) is 11.6 Å². The van der Waals surface area contributed by atoms with Gasteiger partial charge in [0, 0.05) is 23.6 Å². The third-order valence-corrected chi connectivity index (χ3v) is 4.32. The molecule has 0 atom stereocenters. The van der Waals surface area contributed by atoms with Crippen molar-refractivity contribution >= 4 is 34.8 Å². The maximum absolute atomic E-state index is 14.0. The van der Waals surface area contributed by atoms with Crippen LogP contribution in [0.5, 0.6) is 5.75 Å². The Morgan fingerprint density at radius 2 is 1.97 bits per heavy atom. The quantitative estimate of drug-likeness (QED) is 0.573. The number of ether oxygens (including phenoxy) is 1. The molecule has 0 saturated carbocycles. The first kappa shape index (κ1) is 20.4. The van der Waals surface area contributed by atoms with Crippen LogP contribution >= 0.6 is 11.6 Å². The van der Waals surface area contributed by atoms with E-state index in [-0.39, 0.29) is 28.6 Å². The Hall–Kier alpha value is -3.32. The summed E-state index contributed by atoms with van der Waals surface area (Å²) in [5.74, 6) is -0.545. The molecule has 0 fully saturated rings. The average molecular weight is 417 g/mol. The summed E-state index contributed by atoms with van der Waals surface area (Å²) in [5.41, 5.74) is 0.585. The van der Waals surface area contributed by atoms with Crippen LogP contribution in [-0.2, 0) is 11.2 Å². The number of methoxy groups -OCH3 is 1. The number of hydrogen-bond acceptors (Lipinski definition) is 4. The number of hydrogen-bond donors (Lipinski definition) is 2. The Morgan fingerprint density at radius 1 is 1.14 bits per heavy atom. The molecule has 0 saturated heterocycles. The largest absolute Gasteiger partial charge is 0.495 e. The Kier molecular flexibility index (Phi) is 6.51. The van der Waals surface area contributed by atoms with Crippen LogP contribution in [0.1, 0.15) is 22.5 Å². The third kappa shape index (κ3) is 5.36. The molecule has 0 aliphatic heterocycles. The van der Waals surface area contributed by atoms with E-state index < -0.39 is 11.7 Å². The van der Waals surface area contributed by atoms with E-state index in [0.29, 0.717) is 23.6 Å².